The fourth-order valence-corrected chi connectivity index (χ4v) is 2.70. The van der Waals surface area contributed by atoms with Crippen molar-refractivity contribution in [3.05, 3.63) is 36.7 Å². The van der Waals surface area contributed by atoms with Gasteiger partial charge in [0.05, 0.1) is 24.2 Å². The zero-order chi connectivity index (χ0) is 14.7. The van der Waals surface area contributed by atoms with Crippen LogP contribution in [0.1, 0.15) is 26.7 Å². The average molecular weight is 286 g/mol. The van der Waals surface area contributed by atoms with Gasteiger partial charge in [-0.05, 0) is 43.0 Å². The second-order valence-electron chi connectivity index (χ2n) is 5.88. The largest absolute Gasteiger partial charge is 0.382 e. The van der Waals surface area contributed by atoms with E-state index in [1.54, 1.807) is 17.2 Å². The Labute approximate surface area is 125 Å². The summed E-state index contributed by atoms with van der Waals surface area (Å²) in [5.74, 6) is 0.572. The summed E-state index contributed by atoms with van der Waals surface area (Å²) in [7, 11) is 0. The summed E-state index contributed by atoms with van der Waals surface area (Å²) in [5, 5.41) is 11.9. The Morgan fingerprint density at radius 3 is 2.57 bits per heavy atom. The van der Waals surface area contributed by atoms with E-state index in [1.165, 1.54) is 0 Å². The number of rotatable bonds is 4. The van der Waals surface area contributed by atoms with Crippen molar-refractivity contribution in [1.29, 1.82) is 0 Å². The van der Waals surface area contributed by atoms with Gasteiger partial charge in [0.1, 0.15) is 0 Å². The summed E-state index contributed by atoms with van der Waals surface area (Å²) in [6.07, 6.45) is 5.86. The Hall–Kier alpha value is -1.88. The molecule has 2 unspecified atom stereocenters. The summed E-state index contributed by atoms with van der Waals surface area (Å²) < 4.78 is 5.82. The van der Waals surface area contributed by atoms with Gasteiger partial charge in [0.25, 0.3) is 0 Å². The molecule has 0 radical (unpaired) electrons. The average Bonchev–Trinajstić information content (AvgIpc) is 3.02. The van der Waals surface area contributed by atoms with E-state index in [1.807, 2.05) is 12.1 Å². The summed E-state index contributed by atoms with van der Waals surface area (Å²) >= 11 is 0. The van der Waals surface area contributed by atoms with Gasteiger partial charge in [-0.3, -0.25) is 0 Å². The van der Waals surface area contributed by atoms with Crippen molar-refractivity contribution < 1.29 is 4.74 Å². The molecular weight excluding hydrogens is 264 g/mol. The van der Waals surface area contributed by atoms with Gasteiger partial charge in [-0.1, -0.05) is 13.8 Å². The molecule has 1 aromatic carbocycles. The maximum Gasteiger partial charge on any atom is 0.0858 e. The molecule has 1 N–H and O–H groups in total. The molecule has 1 fully saturated rings. The fraction of sp³-hybridized carbons (Fsp3) is 0.500. The van der Waals surface area contributed by atoms with Crippen LogP contribution in [0.4, 0.5) is 5.69 Å². The number of nitrogens with zero attached hydrogens (tertiary/aromatic N) is 3. The predicted molar refractivity (Wildman–Crippen MR) is 82.6 cm³/mol. The predicted octanol–water partition coefficient (Wildman–Crippen LogP) is 2.88. The van der Waals surface area contributed by atoms with Crippen LogP contribution in [-0.2, 0) is 4.74 Å². The molecule has 1 aromatic heterocycles. The number of benzene rings is 1. The molecular formula is C16H22N4O. The van der Waals surface area contributed by atoms with Crippen molar-refractivity contribution in [1.82, 2.24) is 15.0 Å². The van der Waals surface area contributed by atoms with Gasteiger partial charge < -0.3 is 10.1 Å². The number of aromatic nitrogens is 3. The van der Waals surface area contributed by atoms with E-state index in [0.717, 1.165) is 30.8 Å². The van der Waals surface area contributed by atoms with Gasteiger partial charge in [-0.15, -0.1) is 0 Å². The van der Waals surface area contributed by atoms with E-state index in [0.29, 0.717) is 18.1 Å². The minimum absolute atomic E-state index is 0.365. The van der Waals surface area contributed by atoms with Crippen LogP contribution in [0.2, 0.25) is 0 Å². The molecule has 1 saturated heterocycles. The Kier molecular flexibility index (Phi) is 4.20. The molecule has 3 rings (SSSR count). The second kappa shape index (κ2) is 6.26. The minimum Gasteiger partial charge on any atom is -0.382 e. The first-order valence-electron chi connectivity index (χ1n) is 7.57. The first kappa shape index (κ1) is 14.1. The van der Waals surface area contributed by atoms with E-state index in [-0.39, 0.29) is 0 Å². The third-order valence-electron chi connectivity index (χ3n) is 3.95. The Bertz CT molecular complexity index is 550. The summed E-state index contributed by atoms with van der Waals surface area (Å²) in [6.45, 7) is 5.29. The topological polar surface area (TPSA) is 52.0 Å². The highest BCUT2D eigenvalue weighted by molar-refractivity contribution is 5.48. The zero-order valence-electron chi connectivity index (χ0n) is 12.6. The molecule has 0 bridgehead atoms. The minimum atomic E-state index is 0.365. The molecule has 2 aromatic rings. The molecule has 2 atom stereocenters. The number of nitrogens with one attached hydrogen (secondary N) is 1. The lowest BCUT2D eigenvalue weighted by atomic mass is 9.95. The number of ether oxygens (including phenoxy) is 1. The molecule has 0 amide bonds. The van der Waals surface area contributed by atoms with Crippen molar-refractivity contribution in [2.75, 3.05) is 11.9 Å². The van der Waals surface area contributed by atoms with Crippen molar-refractivity contribution in [2.45, 2.75) is 38.8 Å². The van der Waals surface area contributed by atoms with Crippen LogP contribution in [0.25, 0.3) is 5.69 Å². The van der Waals surface area contributed by atoms with Crippen molar-refractivity contribution in [2.24, 2.45) is 5.92 Å². The monoisotopic (exact) mass is 286 g/mol. The van der Waals surface area contributed by atoms with Crippen LogP contribution < -0.4 is 5.32 Å². The Morgan fingerprint density at radius 1 is 1.19 bits per heavy atom. The number of hydrogen-bond acceptors (Lipinski definition) is 4. The lowest BCUT2D eigenvalue weighted by molar-refractivity contribution is -0.0160. The summed E-state index contributed by atoms with van der Waals surface area (Å²) in [4.78, 5) is 1.62. The second-order valence-corrected chi connectivity index (χ2v) is 5.88. The van der Waals surface area contributed by atoms with Gasteiger partial charge in [0, 0.05) is 18.3 Å². The van der Waals surface area contributed by atoms with Crippen LogP contribution in [0.5, 0.6) is 0 Å². The summed E-state index contributed by atoms with van der Waals surface area (Å²) in [6, 6.07) is 8.71. The smallest absolute Gasteiger partial charge is 0.0858 e. The molecule has 5 heteroatoms. The third-order valence-corrected chi connectivity index (χ3v) is 3.95. The van der Waals surface area contributed by atoms with E-state index in [9.17, 15) is 0 Å². The van der Waals surface area contributed by atoms with Gasteiger partial charge in [0.2, 0.25) is 0 Å². The SMILES string of the molecule is CC(C)C1CC(Nc2ccc(-n3nccn3)cc2)CCO1. The quantitative estimate of drug-likeness (QED) is 0.939. The van der Waals surface area contributed by atoms with Gasteiger partial charge in [-0.2, -0.15) is 15.0 Å². The van der Waals surface area contributed by atoms with E-state index in [2.05, 4.69) is 41.5 Å². The van der Waals surface area contributed by atoms with Crippen molar-refractivity contribution >= 4 is 5.69 Å². The van der Waals surface area contributed by atoms with Gasteiger partial charge >= 0.3 is 0 Å². The van der Waals surface area contributed by atoms with Crippen molar-refractivity contribution in [3.8, 4) is 5.69 Å². The number of anilines is 1. The first-order valence-corrected chi connectivity index (χ1v) is 7.57. The van der Waals surface area contributed by atoms with Crippen molar-refractivity contribution in [3.63, 3.8) is 0 Å². The molecule has 0 spiro atoms. The van der Waals surface area contributed by atoms with E-state index in [4.69, 9.17) is 4.74 Å². The van der Waals surface area contributed by atoms with E-state index < -0.39 is 0 Å². The highest BCUT2D eigenvalue weighted by atomic mass is 16.5. The van der Waals surface area contributed by atoms with Crippen LogP contribution in [-0.4, -0.2) is 33.7 Å². The maximum atomic E-state index is 5.82. The van der Waals surface area contributed by atoms with Crippen LogP contribution in [0.15, 0.2) is 36.7 Å². The van der Waals surface area contributed by atoms with Gasteiger partial charge in [-0.25, -0.2) is 0 Å². The maximum absolute atomic E-state index is 5.82. The third kappa shape index (κ3) is 3.42. The molecule has 2 heterocycles. The van der Waals surface area contributed by atoms with Gasteiger partial charge in [0.15, 0.2) is 0 Å². The van der Waals surface area contributed by atoms with Crippen LogP contribution in [0.3, 0.4) is 0 Å². The molecule has 21 heavy (non-hydrogen) atoms. The molecule has 5 nitrogen and oxygen atoms in total. The standard InChI is InChI=1S/C16H22N4O/c1-12(2)16-11-14(7-10-21-16)19-13-3-5-15(6-4-13)20-17-8-9-18-20/h3-6,8-9,12,14,16,19H,7,10-11H2,1-2H3. The molecule has 1 aliphatic heterocycles. The lowest BCUT2D eigenvalue weighted by Gasteiger charge is -2.33. The Balaban J connectivity index is 1.62. The molecule has 112 valence electrons. The summed E-state index contributed by atoms with van der Waals surface area (Å²) in [5.41, 5.74) is 2.11. The number of hydrogen-bond donors (Lipinski definition) is 1. The van der Waals surface area contributed by atoms with E-state index >= 15 is 0 Å². The Morgan fingerprint density at radius 2 is 1.90 bits per heavy atom. The normalized spacial score (nSPS) is 22.4. The first-order chi connectivity index (χ1) is 10.2. The highest BCUT2D eigenvalue weighted by Gasteiger charge is 2.24. The zero-order valence-corrected chi connectivity index (χ0v) is 12.6. The molecule has 0 saturated carbocycles. The fourth-order valence-electron chi connectivity index (χ4n) is 2.70. The van der Waals surface area contributed by atoms with Crippen LogP contribution in [0, 0.1) is 5.92 Å². The molecule has 0 aliphatic carbocycles. The molecule has 1 aliphatic rings. The lowest BCUT2D eigenvalue weighted by Crippen LogP contribution is -2.36. The van der Waals surface area contributed by atoms with Crippen LogP contribution >= 0.6 is 0 Å². The highest BCUT2D eigenvalue weighted by Crippen LogP contribution is 2.23.